The molecule has 0 atom stereocenters. The maximum Gasteiger partial charge on any atom is 0.288 e. The fraction of sp³-hybridized carbons (Fsp3) is 0.267. The Kier molecular flexibility index (Phi) is 4.37. The summed E-state index contributed by atoms with van der Waals surface area (Å²) in [6.45, 7) is 4.06. The van der Waals surface area contributed by atoms with E-state index in [2.05, 4.69) is 0 Å². The lowest BCUT2D eigenvalue weighted by molar-refractivity contribution is -0.386. The highest BCUT2D eigenvalue weighted by Crippen LogP contribution is 2.15. The number of rotatable bonds is 5. The molecule has 1 heterocycles. The maximum atomic E-state index is 11.8. The molecule has 0 amide bonds. The largest absolute Gasteiger partial charge is 0.492 e. The molecule has 0 spiro atoms. The molecule has 0 radical (unpaired) electrons. The molecule has 1 aromatic carbocycles. The van der Waals surface area contributed by atoms with Gasteiger partial charge in [0.05, 0.1) is 17.2 Å². The van der Waals surface area contributed by atoms with Gasteiger partial charge in [0.2, 0.25) is 0 Å². The van der Waals surface area contributed by atoms with Gasteiger partial charge in [-0.3, -0.25) is 14.9 Å². The van der Waals surface area contributed by atoms with E-state index in [1.165, 1.54) is 16.7 Å². The molecule has 6 heteroatoms. The Bertz CT molecular complexity index is 722. The van der Waals surface area contributed by atoms with Crippen LogP contribution in [0.4, 0.5) is 5.69 Å². The van der Waals surface area contributed by atoms with E-state index in [1.807, 2.05) is 31.2 Å². The zero-order valence-electron chi connectivity index (χ0n) is 11.9. The van der Waals surface area contributed by atoms with Gasteiger partial charge in [0.1, 0.15) is 12.4 Å². The number of benzene rings is 1. The normalized spacial score (nSPS) is 10.4. The van der Waals surface area contributed by atoms with E-state index < -0.39 is 4.92 Å². The standard InChI is InChI=1S/C15H16N2O4/c1-11-4-3-5-13(10-11)21-9-8-16-12(2)14(17(19)20)6-7-15(16)18/h3-7,10H,8-9H2,1-2H3. The minimum absolute atomic E-state index is 0.0647. The number of hydrogen-bond acceptors (Lipinski definition) is 4. The fourth-order valence-corrected chi connectivity index (χ4v) is 2.10. The molecule has 0 unspecified atom stereocenters. The Labute approximate surface area is 121 Å². The molecule has 0 aliphatic rings. The van der Waals surface area contributed by atoms with Crippen molar-refractivity contribution in [2.75, 3.05) is 6.61 Å². The van der Waals surface area contributed by atoms with Crippen molar-refractivity contribution in [3.05, 3.63) is 68.1 Å². The summed E-state index contributed by atoms with van der Waals surface area (Å²) >= 11 is 0. The molecule has 2 aromatic rings. The van der Waals surface area contributed by atoms with Crippen LogP contribution in [-0.2, 0) is 6.54 Å². The van der Waals surface area contributed by atoms with E-state index in [0.717, 1.165) is 5.56 Å². The summed E-state index contributed by atoms with van der Waals surface area (Å²) in [5.41, 5.74) is 1.08. The van der Waals surface area contributed by atoms with E-state index in [1.54, 1.807) is 6.92 Å². The molecule has 1 aromatic heterocycles. The Morgan fingerprint density at radius 2 is 2.00 bits per heavy atom. The fourth-order valence-electron chi connectivity index (χ4n) is 2.10. The first-order valence-electron chi connectivity index (χ1n) is 6.53. The first-order chi connectivity index (χ1) is 9.99. The Morgan fingerprint density at radius 3 is 2.67 bits per heavy atom. The van der Waals surface area contributed by atoms with Crippen molar-refractivity contribution in [1.29, 1.82) is 0 Å². The zero-order chi connectivity index (χ0) is 15.4. The van der Waals surface area contributed by atoms with Crippen molar-refractivity contribution < 1.29 is 9.66 Å². The number of aromatic nitrogens is 1. The lowest BCUT2D eigenvalue weighted by Gasteiger charge is -2.11. The topological polar surface area (TPSA) is 74.4 Å². The number of ether oxygens (including phenoxy) is 1. The van der Waals surface area contributed by atoms with Crippen LogP contribution >= 0.6 is 0 Å². The summed E-state index contributed by atoms with van der Waals surface area (Å²) < 4.78 is 6.93. The SMILES string of the molecule is Cc1cccc(OCCn2c(C)c([N+](=O)[O-])ccc2=O)c1. The number of hydrogen-bond donors (Lipinski definition) is 0. The summed E-state index contributed by atoms with van der Waals surface area (Å²) in [6, 6.07) is 10.0. The molecule has 0 bridgehead atoms. The second-order valence-corrected chi connectivity index (χ2v) is 4.72. The molecule has 0 aliphatic carbocycles. The summed E-state index contributed by atoms with van der Waals surface area (Å²) in [4.78, 5) is 22.2. The zero-order valence-corrected chi connectivity index (χ0v) is 11.9. The molecular formula is C15H16N2O4. The van der Waals surface area contributed by atoms with Crippen molar-refractivity contribution in [1.82, 2.24) is 4.57 Å². The lowest BCUT2D eigenvalue weighted by Crippen LogP contribution is -2.25. The highest BCUT2D eigenvalue weighted by molar-refractivity contribution is 5.34. The van der Waals surface area contributed by atoms with E-state index in [-0.39, 0.29) is 24.4 Å². The number of aryl methyl sites for hydroxylation is 1. The van der Waals surface area contributed by atoms with Gasteiger partial charge in [0, 0.05) is 12.1 Å². The Hall–Kier alpha value is -2.63. The molecule has 21 heavy (non-hydrogen) atoms. The quantitative estimate of drug-likeness (QED) is 0.625. The van der Waals surface area contributed by atoms with Gasteiger partial charge in [-0.2, -0.15) is 0 Å². The van der Waals surface area contributed by atoms with E-state index in [9.17, 15) is 14.9 Å². The van der Waals surface area contributed by atoms with Crippen molar-refractivity contribution in [2.45, 2.75) is 20.4 Å². The summed E-state index contributed by atoms with van der Waals surface area (Å²) in [5, 5.41) is 10.9. The first-order valence-corrected chi connectivity index (χ1v) is 6.53. The van der Waals surface area contributed by atoms with Crippen LogP contribution < -0.4 is 10.3 Å². The highest BCUT2D eigenvalue weighted by atomic mass is 16.6. The van der Waals surface area contributed by atoms with Gasteiger partial charge in [-0.1, -0.05) is 12.1 Å². The first kappa shape index (κ1) is 14.8. The van der Waals surface area contributed by atoms with Crippen LogP contribution in [0.15, 0.2) is 41.2 Å². The van der Waals surface area contributed by atoms with Gasteiger partial charge < -0.3 is 9.30 Å². The van der Waals surface area contributed by atoms with Gasteiger partial charge in [0.15, 0.2) is 0 Å². The van der Waals surface area contributed by atoms with Gasteiger partial charge >= 0.3 is 0 Å². The van der Waals surface area contributed by atoms with Gasteiger partial charge in [0.25, 0.3) is 11.2 Å². The van der Waals surface area contributed by atoms with Crippen LogP contribution in [0.3, 0.4) is 0 Å². The van der Waals surface area contributed by atoms with Crippen molar-refractivity contribution in [3.63, 3.8) is 0 Å². The Morgan fingerprint density at radius 1 is 1.24 bits per heavy atom. The predicted octanol–water partition coefficient (Wildman–Crippen LogP) is 2.45. The monoisotopic (exact) mass is 288 g/mol. The molecule has 0 N–H and O–H groups in total. The molecule has 6 nitrogen and oxygen atoms in total. The number of pyridine rings is 1. The number of nitrogens with zero attached hydrogens (tertiary/aromatic N) is 2. The minimum Gasteiger partial charge on any atom is -0.492 e. The minimum atomic E-state index is -0.493. The van der Waals surface area contributed by atoms with E-state index >= 15 is 0 Å². The van der Waals surface area contributed by atoms with Crippen molar-refractivity contribution >= 4 is 5.69 Å². The third-order valence-corrected chi connectivity index (χ3v) is 3.20. The van der Waals surface area contributed by atoms with Crippen LogP contribution in [0.5, 0.6) is 5.75 Å². The van der Waals surface area contributed by atoms with Gasteiger partial charge in [-0.15, -0.1) is 0 Å². The summed E-state index contributed by atoms with van der Waals surface area (Å²) in [6.07, 6.45) is 0. The number of nitro groups is 1. The van der Waals surface area contributed by atoms with Gasteiger partial charge in [-0.05, 0) is 31.5 Å². The smallest absolute Gasteiger partial charge is 0.288 e. The molecule has 0 fully saturated rings. The maximum absolute atomic E-state index is 11.8. The Balaban J connectivity index is 2.11. The molecule has 110 valence electrons. The average Bonchev–Trinajstić information content (AvgIpc) is 2.42. The average molecular weight is 288 g/mol. The van der Waals surface area contributed by atoms with Crippen molar-refractivity contribution in [3.8, 4) is 5.75 Å². The predicted molar refractivity (Wildman–Crippen MR) is 78.8 cm³/mol. The van der Waals surface area contributed by atoms with E-state index in [4.69, 9.17) is 4.74 Å². The third-order valence-electron chi connectivity index (χ3n) is 3.20. The van der Waals surface area contributed by atoms with Gasteiger partial charge in [-0.25, -0.2) is 0 Å². The summed E-state index contributed by atoms with van der Waals surface area (Å²) in [5.74, 6) is 0.714. The lowest BCUT2D eigenvalue weighted by atomic mass is 10.2. The van der Waals surface area contributed by atoms with Crippen LogP contribution in [0, 0.1) is 24.0 Å². The van der Waals surface area contributed by atoms with Crippen LogP contribution in [0.25, 0.3) is 0 Å². The third kappa shape index (κ3) is 3.47. The van der Waals surface area contributed by atoms with Crippen molar-refractivity contribution in [2.24, 2.45) is 0 Å². The summed E-state index contributed by atoms with van der Waals surface area (Å²) in [7, 11) is 0. The molecular weight excluding hydrogens is 272 g/mol. The van der Waals surface area contributed by atoms with Crippen LogP contribution in [0.2, 0.25) is 0 Å². The molecule has 0 saturated carbocycles. The van der Waals surface area contributed by atoms with E-state index in [0.29, 0.717) is 11.4 Å². The second-order valence-electron chi connectivity index (χ2n) is 4.72. The molecule has 2 rings (SSSR count). The highest BCUT2D eigenvalue weighted by Gasteiger charge is 2.14. The second kappa shape index (κ2) is 6.21. The molecule has 0 saturated heterocycles. The van der Waals surface area contributed by atoms with Crippen LogP contribution in [-0.4, -0.2) is 16.1 Å². The van der Waals surface area contributed by atoms with Crippen LogP contribution in [0.1, 0.15) is 11.3 Å². The molecule has 0 aliphatic heterocycles.